The molecule has 0 aliphatic heterocycles. The zero-order valence-electron chi connectivity index (χ0n) is 7.70. The summed E-state index contributed by atoms with van der Waals surface area (Å²) in [6, 6.07) is 3.47. The van der Waals surface area contributed by atoms with Gasteiger partial charge in [-0.25, -0.2) is 9.97 Å². The molecule has 2 heterocycles. The van der Waals surface area contributed by atoms with Crippen LogP contribution in [0, 0.1) is 0 Å². The largest absolute Gasteiger partial charge is 0.491 e. The first-order valence-electron chi connectivity index (χ1n) is 4.03. The van der Waals surface area contributed by atoms with Crippen LogP contribution >= 0.6 is 23.2 Å². The van der Waals surface area contributed by atoms with Gasteiger partial charge >= 0.3 is 0 Å². The van der Waals surface area contributed by atoms with E-state index in [4.69, 9.17) is 32.4 Å². The zero-order chi connectivity index (χ0) is 10.8. The Morgan fingerprint density at radius 2 is 2.13 bits per heavy atom. The molecule has 15 heavy (non-hydrogen) atoms. The summed E-state index contributed by atoms with van der Waals surface area (Å²) in [7, 11) is 1.48. The molecule has 0 radical (unpaired) electrons. The lowest BCUT2D eigenvalue weighted by Gasteiger charge is -2.06. The first-order valence-corrected chi connectivity index (χ1v) is 4.79. The molecule has 0 amide bonds. The van der Waals surface area contributed by atoms with Crippen LogP contribution in [0.25, 0.3) is 11.5 Å². The molecular formula is C9H6Cl2N2O2. The molecule has 2 aromatic rings. The normalized spacial score (nSPS) is 10.3. The average molecular weight is 245 g/mol. The molecule has 0 aliphatic rings. The predicted octanol–water partition coefficient (Wildman–Crippen LogP) is 3.05. The molecule has 0 N–H and O–H groups in total. The second kappa shape index (κ2) is 4.08. The van der Waals surface area contributed by atoms with Crippen molar-refractivity contribution in [2.45, 2.75) is 0 Å². The molecule has 0 spiro atoms. The van der Waals surface area contributed by atoms with E-state index < -0.39 is 0 Å². The van der Waals surface area contributed by atoms with Crippen LogP contribution in [0.2, 0.25) is 10.4 Å². The van der Waals surface area contributed by atoms with Crippen molar-refractivity contribution in [2.75, 3.05) is 7.11 Å². The van der Waals surface area contributed by atoms with Crippen molar-refractivity contribution in [3.8, 4) is 17.2 Å². The van der Waals surface area contributed by atoms with Gasteiger partial charge in [-0.3, -0.25) is 0 Å². The van der Waals surface area contributed by atoms with Crippen molar-refractivity contribution in [1.29, 1.82) is 0 Å². The minimum Gasteiger partial charge on any atom is -0.491 e. The third kappa shape index (κ3) is 1.91. The summed E-state index contributed by atoms with van der Waals surface area (Å²) in [5, 5.41) is 0.205. The highest BCUT2D eigenvalue weighted by molar-refractivity contribution is 6.33. The molecule has 6 heteroatoms. The number of rotatable bonds is 2. The van der Waals surface area contributed by atoms with Crippen LogP contribution in [0.15, 0.2) is 22.8 Å². The Hall–Kier alpha value is -1.26. The SMILES string of the molecule is COc1c(Cl)nc(Cl)nc1-c1ccco1. The Kier molecular flexibility index (Phi) is 2.79. The Bertz CT molecular complexity index is 471. The quantitative estimate of drug-likeness (QED) is 0.602. The molecule has 4 nitrogen and oxygen atoms in total. The maximum absolute atomic E-state index is 5.85. The highest BCUT2D eigenvalue weighted by atomic mass is 35.5. The Labute approximate surface area is 95.8 Å². The van der Waals surface area contributed by atoms with Crippen molar-refractivity contribution >= 4 is 23.2 Å². The molecule has 2 rings (SSSR count). The van der Waals surface area contributed by atoms with Crippen LogP contribution < -0.4 is 4.74 Å². The topological polar surface area (TPSA) is 48.2 Å². The lowest BCUT2D eigenvalue weighted by atomic mass is 10.3. The van der Waals surface area contributed by atoms with Crippen LogP contribution in [0.3, 0.4) is 0 Å². The highest BCUT2D eigenvalue weighted by Gasteiger charge is 2.16. The molecule has 0 aromatic carbocycles. The number of halogens is 2. The van der Waals surface area contributed by atoms with Crippen LogP contribution in [0.4, 0.5) is 0 Å². The summed E-state index contributed by atoms with van der Waals surface area (Å²) in [6.07, 6.45) is 1.53. The molecule has 0 saturated carbocycles. The van der Waals surface area contributed by atoms with Crippen LogP contribution in [-0.2, 0) is 0 Å². The van der Waals surface area contributed by atoms with Crippen LogP contribution in [0.5, 0.6) is 5.75 Å². The smallest absolute Gasteiger partial charge is 0.224 e. The lowest BCUT2D eigenvalue weighted by Crippen LogP contribution is -1.95. The van der Waals surface area contributed by atoms with E-state index in [9.17, 15) is 0 Å². The number of methoxy groups -OCH3 is 1. The third-order valence-electron chi connectivity index (χ3n) is 1.76. The van der Waals surface area contributed by atoms with Gasteiger partial charge in [0, 0.05) is 0 Å². The first-order chi connectivity index (χ1) is 7.22. The van der Waals surface area contributed by atoms with E-state index in [2.05, 4.69) is 9.97 Å². The van der Waals surface area contributed by atoms with E-state index in [1.807, 2.05) is 0 Å². The molecule has 0 unspecified atom stereocenters. The van der Waals surface area contributed by atoms with Gasteiger partial charge in [-0.1, -0.05) is 11.6 Å². The zero-order valence-corrected chi connectivity index (χ0v) is 9.21. The summed E-state index contributed by atoms with van der Waals surface area (Å²) in [5.74, 6) is 0.870. The lowest BCUT2D eigenvalue weighted by molar-refractivity contribution is 0.411. The molecule has 0 atom stereocenters. The van der Waals surface area contributed by atoms with Gasteiger partial charge in [0.15, 0.2) is 22.4 Å². The second-order valence-corrected chi connectivity index (χ2v) is 3.34. The van der Waals surface area contributed by atoms with E-state index in [0.717, 1.165) is 0 Å². The van der Waals surface area contributed by atoms with Gasteiger partial charge in [-0.05, 0) is 23.7 Å². The van der Waals surface area contributed by atoms with Gasteiger partial charge in [0.1, 0.15) is 0 Å². The predicted molar refractivity (Wildman–Crippen MR) is 56.3 cm³/mol. The number of hydrogen-bond donors (Lipinski definition) is 0. The van der Waals surface area contributed by atoms with Crippen molar-refractivity contribution < 1.29 is 9.15 Å². The van der Waals surface area contributed by atoms with E-state index >= 15 is 0 Å². The monoisotopic (exact) mass is 244 g/mol. The van der Waals surface area contributed by atoms with E-state index in [0.29, 0.717) is 17.2 Å². The highest BCUT2D eigenvalue weighted by Crippen LogP contribution is 2.34. The van der Waals surface area contributed by atoms with Gasteiger partial charge in [0.2, 0.25) is 5.28 Å². The molecule has 2 aromatic heterocycles. The van der Waals surface area contributed by atoms with Crippen molar-refractivity contribution in [2.24, 2.45) is 0 Å². The molecule has 0 bridgehead atoms. The van der Waals surface area contributed by atoms with E-state index in [-0.39, 0.29) is 10.4 Å². The summed E-state index contributed by atoms with van der Waals surface area (Å²) in [4.78, 5) is 7.77. The van der Waals surface area contributed by atoms with Gasteiger partial charge in [-0.15, -0.1) is 0 Å². The Morgan fingerprint density at radius 3 is 2.73 bits per heavy atom. The minimum absolute atomic E-state index is 0.0483. The van der Waals surface area contributed by atoms with Gasteiger partial charge < -0.3 is 9.15 Å². The maximum atomic E-state index is 5.85. The average Bonchev–Trinajstić information content (AvgIpc) is 2.69. The summed E-state index contributed by atoms with van der Waals surface area (Å²) < 4.78 is 10.3. The molecule has 0 fully saturated rings. The van der Waals surface area contributed by atoms with Gasteiger partial charge in [0.25, 0.3) is 0 Å². The first kappa shape index (κ1) is 10.3. The van der Waals surface area contributed by atoms with Crippen molar-refractivity contribution in [3.63, 3.8) is 0 Å². The Morgan fingerprint density at radius 1 is 1.33 bits per heavy atom. The number of furan rings is 1. The van der Waals surface area contributed by atoms with Crippen molar-refractivity contribution in [1.82, 2.24) is 9.97 Å². The fourth-order valence-corrected chi connectivity index (χ4v) is 1.62. The maximum Gasteiger partial charge on any atom is 0.224 e. The molecular weight excluding hydrogens is 239 g/mol. The Balaban J connectivity index is 2.64. The standard InChI is InChI=1S/C9H6Cl2N2O2/c1-14-7-6(5-3-2-4-15-5)12-9(11)13-8(7)10/h2-4H,1H3. The summed E-state index contributed by atoms with van der Waals surface area (Å²) in [6.45, 7) is 0. The third-order valence-corrected chi connectivity index (χ3v) is 2.18. The number of hydrogen-bond acceptors (Lipinski definition) is 4. The van der Waals surface area contributed by atoms with Crippen molar-refractivity contribution in [3.05, 3.63) is 28.8 Å². The number of aromatic nitrogens is 2. The molecule has 78 valence electrons. The fraction of sp³-hybridized carbons (Fsp3) is 0.111. The number of ether oxygens (including phenoxy) is 1. The van der Waals surface area contributed by atoms with Crippen LogP contribution in [-0.4, -0.2) is 17.1 Å². The van der Waals surface area contributed by atoms with Gasteiger partial charge in [0.05, 0.1) is 13.4 Å². The summed E-state index contributed by atoms with van der Waals surface area (Å²) >= 11 is 11.5. The number of nitrogens with zero attached hydrogens (tertiary/aromatic N) is 2. The van der Waals surface area contributed by atoms with Gasteiger partial charge in [-0.2, -0.15) is 0 Å². The van der Waals surface area contributed by atoms with Crippen LogP contribution in [0.1, 0.15) is 0 Å². The second-order valence-electron chi connectivity index (χ2n) is 2.64. The molecule has 0 saturated heterocycles. The summed E-state index contributed by atoms with van der Waals surface area (Å²) in [5.41, 5.74) is 0.438. The van der Waals surface area contributed by atoms with E-state index in [1.165, 1.54) is 13.4 Å². The minimum atomic E-state index is 0.0483. The van der Waals surface area contributed by atoms with E-state index in [1.54, 1.807) is 12.1 Å². The molecule has 0 aliphatic carbocycles. The fourth-order valence-electron chi connectivity index (χ4n) is 1.16.